The molecule has 0 saturated heterocycles. The van der Waals surface area contributed by atoms with E-state index in [1.807, 2.05) is 18.2 Å². The molecule has 1 amide bonds. The van der Waals surface area contributed by atoms with Gasteiger partial charge in [-0.2, -0.15) is 0 Å². The van der Waals surface area contributed by atoms with E-state index in [2.05, 4.69) is 10.6 Å². The normalized spacial score (nSPS) is 15.1. The molecule has 0 spiro atoms. The van der Waals surface area contributed by atoms with Gasteiger partial charge in [-0.1, -0.05) is 25.3 Å². The third-order valence-electron chi connectivity index (χ3n) is 4.57. The Kier molecular flexibility index (Phi) is 7.89. The predicted octanol–water partition coefficient (Wildman–Crippen LogP) is 2.67. The Balaban J connectivity index is 1.63. The quantitative estimate of drug-likeness (QED) is 0.729. The van der Waals surface area contributed by atoms with Crippen molar-refractivity contribution in [3.8, 4) is 11.5 Å². The molecule has 1 fully saturated rings. The van der Waals surface area contributed by atoms with Gasteiger partial charge in [0.25, 0.3) is 0 Å². The molecule has 5 nitrogen and oxygen atoms in total. The maximum absolute atomic E-state index is 11.9. The largest absolute Gasteiger partial charge is 0.493 e. The van der Waals surface area contributed by atoms with Crippen molar-refractivity contribution in [3.63, 3.8) is 0 Å². The van der Waals surface area contributed by atoms with Crippen LogP contribution in [0.5, 0.6) is 11.5 Å². The summed E-state index contributed by atoms with van der Waals surface area (Å²) in [6.07, 6.45) is 7.81. The van der Waals surface area contributed by atoms with Crippen LogP contribution in [0, 0.1) is 0 Å². The van der Waals surface area contributed by atoms with E-state index in [1.165, 1.54) is 32.1 Å². The van der Waals surface area contributed by atoms with Gasteiger partial charge in [-0.25, -0.2) is 0 Å². The molecule has 2 rings (SSSR count). The van der Waals surface area contributed by atoms with Crippen LogP contribution in [0.15, 0.2) is 18.2 Å². The number of ether oxygens (including phenoxy) is 2. The van der Waals surface area contributed by atoms with E-state index in [4.69, 9.17) is 9.47 Å². The minimum absolute atomic E-state index is 0.110. The van der Waals surface area contributed by atoms with Crippen molar-refractivity contribution in [2.75, 3.05) is 27.3 Å². The Morgan fingerprint density at radius 1 is 1.08 bits per heavy atom. The fourth-order valence-corrected chi connectivity index (χ4v) is 3.17. The summed E-state index contributed by atoms with van der Waals surface area (Å²) in [5, 5.41) is 6.48. The predicted molar refractivity (Wildman–Crippen MR) is 95.8 cm³/mol. The standard InChI is InChI=1S/C19H30N2O3/c1-23-17-9-8-15(14-18(17)24-2)10-12-21-19(22)11-13-20-16-6-4-3-5-7-16/h8-9,14,16,20H,3-7,10-13H2,1-2H3,(H,21,22). The number of benzene rings is 1. The van der Waals surface area contributed by atoms with Crippen molar-refractivity contribution in [3.05, 3.63) is 23.8 Å². The lowest BCUT2D eigenvalue weighted by atomic mass is 9.95. The third kappa shape index (κ3) is 6.04. The highest BCUT2D eigenvalue weighted by Crippen LogP contribution is 2.27. The highest BCUT2D eigenvalue weighted by molar-refractivity contribution is 5.76. The van der Waals surface area contributed by atoms with Gasteiger partial charge in [0.2, 0.25) is 5.91 Å². The molecule has 1 aromatic carbocycles. The fourth-order valence-electron chi connectivity index (χ4n) is 3.17. The number of rotatable bonds is 9. The minimum Gasteiger partial charge on any atom is -0.493 e. The van der Waals surface area contributed by atoms with Crippen LogP contribution in [0.2, 0.25) is 0 Å². The maximum atomic E-state index is 11.9. The van der Waals surface area contributed by atoms with Gasteiger partial charge in [-0.3, -0.25) is 4.79 Å². The van der Waals surface area contributed by atoms with E-state index in [-0.39, 0.29) is 5.91 Å². The van der Waals surface area contributed by atoms with Crippen molar-refractivity contribution in [1.29, 1.82) is 0 Å². The highest BCUT2D eigenvalue weighted by Gasteiger charge is 2.12. The van der Waals surface area contributed by atoms with Gasteiger partial charge in [0, 0.05) is 25.6 Å². The van der Waals surface area contributed by atoms with Gasteiger partial charge in [0.05, 0.1) is 14.2 Å². The summed E-state index contributed by atoms with van der Waals surface area (Å²) in [5.74, 6) is 1.55. The summed E-state index contributed by atoms with van der Waals surface area (Å²) in [7, 11) is 3.25. The molecule has 1 saturated carbocycles. The molecule has 1 aliphatic rings. The zero-order chi connectivity index (χ0) is 17.2. The van der Waals surface area contributed by atoms with Gasteiger partial charge in [0.15, 0.2) is 11.5 Å². The van der Waals surface area contributed by atoms with Gasteiger partial charge < -0.3 is 20.1 Å². The molecular formula is C19H30N2O3. The van der Waals surface area contributed by atoms with Crippen LogP contribution in [-0.2, 0) is 11.2 Å². The number of nitrogens with one attached hydrogen (secondary N) is 2. The molecule has 134 valence electrons. The number of hydrogen-bond donors (Lipinski definition) is 2. The first kappa shape index (κ1) is 18.6. The Bertz CT molecular complexity index is 513. The van der Waals surface area contributed by atoms with Crippen molar-refractivity contribution in [2.45, 2.75) is 51.0 Å². The smallest absolute Gasteiger partial charge is 0.221 e. The van der Waals surface area contributed by atoms with Crippen molar-refractivity contribution in [2.24, 2.45) is 0 Å². The lowest BCUT2D eigenvalue weighted by molar-refractivity contribution is -0.120. The van der Waals surface area contributed by atoms with Crippen LogP contribution in [0.25, 0.3) is 0 Å². The highest BCUT2D eigenvalue weighted by atomic mass is 16.5. The number of methoxy groups -OCH3 is 2. The van der Waals surface area contributed by atoms with E-state index in [1.54, 1.807) is 14.2 Å². The van der Waals surface area contributed by atoms with Crippen LogP contribution in [0.1, 0.15) is 44.1 Å². The Morgan fingerprint density at radius 3 is 2.54 bits per heavy atom. The van der Waals surface area contributed by atoms with Gasteiger partial charge in [-0.05, 0) is 37.0 Å². The van der Waals surface area contributed by atoms with E-state index in [0.29, 0.717) is 19.0 Å². The average molecular weight is 334 g/mol. The lowest BCUT2D eigenvalue weighted by Crippen LogP contribution is -2.35. The van der Waals surface area contributed by atoms with Gasteiger partial charge >= 0.3 is 0 Å². The molecule has 0 aromatic heterocycles. The zero-order valence-corrected chi connectivity index (χ0v) is 14.9. The molecule has 0 atom stereocenters. The number of amides is 1. The second kappa shape index (κ2) is 10.2. The lowest BCUT2D eigenvalue weighted by Gasteiger charge is -2.22. The second-order valence-corrected chi connectivity index (χ2v) is 6.33. The summed E-state index contributed by atoms with van der Waals surface area (Å²) in [5.41, 5.74) is 1.12. The molecule has 1 aliphatic carbocycles. The first-order chi connectivity index (χ1) is 11.7. The monoisotopic (exact) mass is 334 g/mol. The summed E-state index contributed by atoms with van der Waals surface area (Å²) in [6, 6.07) is 6.45. The van der Waals surface area contributed by atoms with E-state index in [9.17, 15) is 4.79 Å². The summed E-state index contributed by atoms with van der Waals surface area (Å²) < 4.78 is 10.5. The Hall–Kier alpha value is -1.75. The van der Waals surface area contributed by atoms with Crippen molar-refractivity contribution >= 4 is 5.91 Å². The van der Waals surface area contributed by atoms with Crippen LogP contribution in [0.4, 0.5) is 0 Å². The summed E-state index contributed by atoms with van der Waals surface area (Å²) in [4.78, 5) is 11.9. The van der Waals surface area contributed by atoms with Crippen LogP contribution < -0.4 is 20.1 Å². The van der Waals surface area contributed by atoms with E-state index in [0.717, 1.165) is 30.0 Å². The van der Waals surface area contributed by atoms with Crippen molar-refractivity contribution in [1.82, 2.24) is 10.6 Å². The van der Waals surface area contributed by atoms with E-state index >= 15 is 0 Å². The molecule has 0 aliphatic heterocycles. The van der Waals surface area contributed by atoms with Crippen molar-refractivity contribution < 1.29 is 14.3 Å². The molecular weight excluding hydrogens is 304 g/mol. The van der Waals surface area contributed by atoms with Crippen LogP contribution in [0.3, 0.4) is 0 Å². The van der Waals surface area contributed by atoms with Crippen LogP contribution >= 0.6 is 0 Å². The average Bonchev–Trinajstić information content (AvgIpc) is 2.62. The topological polar surface area (TPSA) is 59.6 Å². The SMILES string of the molecule is COc1ccc(CCNC(=O)CCNC2CCCCC2)cc1OC. The van der Waals surface area contributed by atoms with E-state index < -0.39 is 0 Å². The second-order valence-electron chi connectivity index (χ2n) is 6.33. The van der Waals surface area contributed by atoms with Gasteiger partial charge in [-0.15, -0.1) is 0 Å². The number of hydrogen-bond acceptors (Lipinski definition) is 4. The number of carbonyl (C=O) groups is 1. The molecule has 0 heterocycles. The minimum atomic E-state index is 0.110. The third-order valence-corrected chi connectivity index (χ3v) is 4.57. The first-order valence-corrected chi connectivity index (χ1v) is 8.94. The molecule has 2 N–H and O–H groups in total. The zero-order valence-electron chi connectivity index (χ0n) is 14.9. The molecule has 0 bridgehead atoms. The van der Waals surface area contributed by atoms with Crippen LogP contribution in [-0.4, -0.2) is 39.3 Å². The first-order valence-electron chi connectivity index (χ1n) is 8.94. The molecule has 0 radical (unpaired) electrons. The molecule has 24 heavy (non-hydrogen) atoms. The summed E-state index contributed by atoms with van der Waals surface area (Å²) in [6.45, 7) is 1.41. The number of carbonyl (C=O) groups excluding carboxylic acids is 1. The Morgan fingerprint density at radius 2 is 1.83 bits per heavy atom. The maximum Gasteiger partial charge on any atom is 0.221 e. The summed E-state index contributed by atoms with van der Waals surface area (Å²) >= 11 is 0. The van der Waals surface area contributed by atoms with Gasteiger partial charge in [0.1, 0.15) is 0 Å². The Labute approximate surface area is 145 Å². The fraction of sp³-hybridized carbons (Fsp3) is 0.632. The molecule has 1 aromatic rings. The molecule has 0 unspecified atom stereocenters. The molecule has 5 heteroatoms.